The maximum atomic E-state index is 12.9. The summed E-state index contributed by atoms with van der Waals surface area (Å²) >= 11 is 3.28. The molecule has 1 amide bonds. The number of nitrogens with zero attached hydrogens (tertiary/aromatic N) is 2. The molecular formula is C23H28N2O3S2. The average Bonchev–Trinajstić information content (AvgIpc) is 3.11. The second kappa shape index (κ2) is 11.2. The lowest BCUT2D eigenvalue weighted by Crippen LogP contribution is -2.18. The molecule has 5 nitrogen and oxygen atoms in total. The van der Waals surface area contributed by atoms with Crippen LogP contribution in [-0.2, 0) is 6.54 Å². The Kier molecular flexibility index (Phi) is 8.39. The number of hydrogen-bond donors (Lipinski definition) is 0. The van der Waals surface area contributed by atoms with Crippen LogP contribution < -0.4 is 14.3 Å². The molecule has 1 heterocycles. The lowest BCUT2D eigenvalue weighted by molar-refractivity contribution is 0.0997. The lowest BCUT2D eigenvalue weighted by atomic mass is 10.2. The summed E-state index contributed by atoms with van der Waals surface area (Å²) < 4.78 is 14.3. The van der Waals surface area contributed by atoms with Gasteiger partial charge in [0.15, 0.2) is 4.80 Å². The van der Waals surface area contributed by atoms with Gasteiger partial charge >= 0.3 is 0 Å². The van der Waals surface area contributed by atoms with Crippen molar-refractivity contribution in [3.63, 3.8) is 0 Å². The highest BCUT2D eigenvalue weighted by molar-refractivity contribution is 7.98. The third kappa shape index (κ3) is 5.67. The van der Waals surface area contributed by atoms with Crippen LogP contribution in [0.15, 0.2) is 47.5 Å². The second-order valence-corrected chi connectivity index (χ2v) is 8.86. The van der Waals surface area contributed by atoms with Gasteiger partial charge in [-0.1, -0.05) is 37.2 Å². The van der Waals surface area contributed by atoms with Gasteiger partial charge in [0, 0.05) is 23.9 Å². The number of thioether (sulfide) groups is 1. The van der Waals surface area contributed by atoms with Crippen LogP contribution in [0.1, 0.15) is 36.5 Å². The first-order valence-electron chi connectivity index (χ1n) is 10.1. The predicted molar refractivity (Wildman–Crippen MR) is 126 cm³/mol. The molecule has 30 heavy (non-hydrogen) atoms. The number of rotatable bonds is 10. The van der Waals surface area contributed by atoms with Gasteiger partial charge in [0.25, 0.3) is 5.91 Å². The first-order chi connectivity index (χ1) is 14.7. The molecule has 0 saturated carbocycles. The number of carbonyl (C=O) groups is 1. The van der Waals surface area contributed by atoms with E-state index in [1.165, 1.54) is 11.3 Å². The van der Waals surface area contributed by atoms with Gasteiger partial charge in [0.05, 0.1) is 23.9 Å². The van der Waals surface area contributed by atoms with Crippen LogP contribution in [0.4, 0.5) is 0 Å². The van der Waals surface area contributed by atoms with Crippen molar-refractivity contribution in [2.24, 2.45) is 4.99 Å². The van der Waals surface area contributed by atoms with Gasteiger partial charge in [-0.15, -0.1) is 0 Å². The number of carbonyl (C=O) groups excluding carboxylic acids is 1. The standard InChI is InChI=1S/C23H28N2O3S2/c1-4-5-6-13-28-19-9-7-8-17(15-19)22(26)24-23-25(12-14-29-3)20-16-18(27-2)10-11-21(20)30-23/h7-11,15-16H,4-6,12-14H2,1-3H3. The second-order valence-electron chi connectivity index (χ2n) is 6.86. The third-order valence-corrected chi connectivity index (χ3v) is 6.35. The Balaban J connectivity index is 1.91. The molecule has 3 aromatic rings. The van der Waals surface area contributed by atoms with Crippen LogP contribution in [0, 0.1) is 0 Å². The van der Waals surface area contributed by atoms with Crippen molar-refractivity contribution in [2.75, 3.05) is 25.7 Å². The number of fused-ring (bicyclic) bond motifs is 1. The number of amides is 1. The van der Waals surface area contributed by atoms with Crippen molar-refractivity contribution >= 4 is 39.2 Å². The van der Waals surface area contributed by atoms with E-state index in [4.69, 9.17) is 9.47 Å². The van der Waals surface area contributed by atoms with Gasteiger partial charge in [0.1, 0.15) is 11.5 Å². The first-order valence-corrected chi connectivity index (χ1v) is 12.4. The van der Waals surface area contributed by atoms with Crippen molar-refractivity contribution < 1.29 is 14.3 Å². The molecule has 0 aliphatic heterocycles. The summed E-state index contributed by atoms with van der Waals surface area (Å²) in [6.45, 7) is 3.60. The van der Waals surface area contributed by atoms with Crippen molar-refractivity contribution in [2.45, 2.75) is 32.7 Å². The maximum absolute atomic E-state index is 12.9. The Morgan fingerprint density at radius 1 is 1.17 bits per heavy atom. The lowest BCUT2D eigenvalue weighted by Gasteiger charge is -2.07. The molecule has 1 aromatic heterocycles. The van der Waals surface area contributed by atoms with E-state index >= 15 is 0 Å². The molecule has 0 aliphatic rings. The zero-order valence-electron chi connectivity index (χ0n) is 17.7. The monoisotopic (exact) mass is 444 g/mol. The van der Waals surface area contributed by atoms with E-state index in [-0.39, 0.29) is 5.91 Å². The molecule has 7 heteroatoms. The summed E-state index contributed by atoms with van der Waals surface area (Å²) in [5.41, 5.74) is 1.57. The first kappa shape index (κ1) is 22.4. The minimum absolute atomic E-state index is 0.259. The topological polar surface area (TPSA) is 52.8 Å². The molecule has 0 unspecified atom stereocenters. The number of hydrogen-bond acceptors (Lipinski definition) is 5. The third-order valence-electron chi connectivity index (χ3n) is 4.70. The highest BCUT2D eigenvalue weighted by Gasteiger charge is 2.11. The molecule has 0 saturated heterocycles. The van der Waals surface area contributed by atoms with Crippen LogP contribution in [0.3, 0.4) is 0 Å². The number of aryl methyl sites for hydroxylation is 1. The number of benzene rings is 2. The van der Waals surface area contributed by atoms with Crippen LogP contribution >= 0.6 is 23.1 Å². The normalized spacial score (nSPS) is 11.8. The minimum Gasteiger partial charge on any atom is -0.497 e. The van der Waals surface area contributed by atoms with Gasteiger partial charge in [-0.05, 0) is 43.0 Å². The fourth-order valence-corrected chi connectivity index (χ4v) is 4.47. The Hall–Kier alpha value is -2.25. The van der Waals surface area contributed by atoms with Crippen molar-refractivity contribution in [3.8, 4) is 11.5 Å². The summed E-state index contributed by atoms with van der Waals surface area (Å²) in [5.74, 6) is 2.18. The number of methoxy groups -OCH3 is 1. The highest BCUT2D eigenvalue weighted by atomic mass is 32.2. The Bertz CT molecular complexity index is 1060. The fraction of sp³-hybridized carbons (Fsp3) is 0.391. The van der Waals surface area contributed by atoms with Crippen molar-refractivity contribution in [1.29, 1.82) is 0 Å². The van der Waals surface area contributed by atoms with E-state index < -0.39 is 0 Å². The molecule has 3 rings (SSSR count). The van der Waals surface area contributed by atoms with E-state index in [1.807, 2.05) is 30.3 Å². The maximum Gasteiger partial charge on any atom is 0.279 e. The number of aromatic nitrogens is 1. The van der Waals surface area contributed by atoms with E-state index in [0.717, 1.165) is 47.5 Å². The smallest absolute Gasteiger partial charge is 0.279 e. The van der Waals surface area contributed by atoms with Gasteiger partial charge in [-0.2, -0.15) is 16.8 Å². The summed E-state index contributed by atoms with van der Waals surface area (Å²) in [4.78, 5) is 18.1. The van der Waals surface area contributed by atoms with Crippen molar-refractivity contribution in [3.05, 3.63) is 52.8 Å². The molecule has 160 valence electrons. The molecule has 0 fully saturated rings. The highest BCUT2D eigenvalue weighted by Crippen LogP contribution is 2.23. The predicted octanol–water partition coefficient (Wildman–Crippen LogP) is 5.38. The summed E-state index contributed by atoms with van der Waals surface area (Å²) in [5, 5.41) is 0. The van der Waals surface area contributed by atoms with Gasteiger partial charge in [0.2, 0.25) is 0 Å². The van der Waals surface area contributed by atoms with E-state index in [2.05, 4.69) is 22.7 Å². The number of ether oxygens (including phenoxy) is 2. The summed E-state index contributed by atoms with van der Waals surface area (Å²) in [7, 11) is 1.66. The summed E-state index contributed by atoms with van der Waals surface area (Å²) in [6.07, 6.45) is 5.38. The number of thiazole rings is 1. The SMILES string of the molecule is CCCCCOc1cccc(C(=O)N=c2sc3ccc(OC)cc3n2CCSC)c1. The van der Waals surface area contributed by atoms with E-state index in [9.17, 15) is 4.79 Å². The largest absolute Gasteiger partial charge is 0.497 e. The Labute approximate surface area is 185 Å². The molecule has 0 bridgehead atoms. The Morgan fingerprint density at radius 3 is 2.80 bits per heavy atom. The zero-order chi connectivity index (χ0) is 21.3. The summed E-state index contributed by atoms with van der Waals surface area (Å²) in [6, 6.07) is 13.2. The zero-order valence-corrected chi connectivity index (χ0v) is 19.4. The number of unbranched alkanes of at least 4 members (excludes halogenated alkanes) is 2. The molecule has 0 atom stereocenters. The molecule has 0 radical (unpaired) electrons. The van der Waals surface area contributed by atoms with Gasteiger partial charge in [-0.3, -0.25) is 4.79 Å². The Morgan fingerprint density at radius 2 is 2.03 bits per heavy atom. The molecular weight excluding hydrogens is 416 g/mol. The van der Waals surface area contributed by atoms with Crippen LogP contribution in [-0.4, -0.2) is 36.2 Å². The minimum atomic E-state index is -0.259. The van der Waals surface area contributed by atoms with E-state index in [1.54, 1.807) is 31.0 Å². The van der Waals surface area contributed by atoms with Crippen LogP contribution in [0.5, 0.6) is 11.5 Å². The quantitative estimate of drug-likeness (QED) is 0.394. The molecule has 0 spiro atoms. The molecule has 0 N–H and O–H groups in total. The van der Waals surface area contributed by atoms with Gasteiger partial charge in [-0.25, -0.2) is 0 Å². The van der Waals surface area contributed by atoms with Crippen LogP contribution in [0.2, 0.25) is 0 Å². The van der Waals surface area contributed by atoms with Crippen molar-refractivity contribution in [1.82, 2.24) is 4.57 Å². The molecule has 2 aromatic carbocycles. The van der Waals surface area contributed by atoms with E-state index in [0.29, 0.717) is 22.7 Å². The molecule has 0 aliphatic carbocycles. The average molecular weight is 445 g/mol. The van der Waals surface area contributed by atoms with Gasteiger partial charge < -0.3 is 14.0 Å². The van der Waals surface area contributed by atoms with Crippen LogP contribution in [0.25, 0.3) is 10.2 Å². The fourth-order valence-electron chi connectivity index (χ4n) is 3.07.